The molecule has 29 heavy (non-hydrogen) atoms. The zero-order valence-electron chi connectivity index (χ0n) is 16.5. The summed E-state index contributed by atoms with van der Waals surface area (Å²) in [5.41, 5.74) is 3.61. The van der Waals surface area contributed by atoms with Crippen molar-refractivity contribution in [3.8, 4) is 5.75 Å². The van der Waals surface area contributed by atoms with Crippen LogP contribution in [-0.2, 0) is 17.6 Å². The van der Waals surface area contributed by atoms with Gasteiger partial charge in [0.15, 0.2) is 12.4 Å². The van der Waals surface area contributed by atoms with Gasteiger partial charge in [-0.2, -0.15) is 0 Å². The SMILES string of the molecule is CCc1cccc(CC)c1NC(=O)COc1cccc(NC(=O)c2ccco2)c1. The van der Waals surface area contributed by atoms with Crippen molar-refractivity contribution in [2.75, 3.05) is 17.2 Å². The van der Waals surface area contributed by atoms with Crippen LogP contribution in [0.3, 0.4) is 0 Å². The largest absolute Gasteiger partial charge is 0.484 e. The molecule has 0 saturated heterocycles. The Morgan fingerprint density at radius 1 is 0.931 bits per heavy atom. The van der Waals surface area contributed by atoms with Crippen molar-refractivity contribution in [3.05, 3.63) is 77.7 Å². The highest BCUT2D eigenvalue weighted by Gasteiger charge is 2.12. The minimum Gasteiger partial charge on any atom is -0.484 e. The van der Waals surface area contributed by atoms with E-state index in [9.17, 15) is 9.59 Å². The standard InChI is InChI=1S/C23H24N2O4/c1-3-16-8-5-9-17(4-2)22(16)25-21(26)15-29-19-11-6-10-18(14-19)24-23(27)20-12-7-13-28-20/h5-14H,3-4,15H2,1-2H3,(H,24,27)(H,25,26). The maximum absolute atomic E-state index is 12.4. The molecule has 3 rings (SSSR count). The first-order valence-electron chi connectivity index (χ1n) is 9.59. The summed E-state index contributed by atoms with van der Waals surface area (Å²) >= 11 is 0. The fourth-order valence-corrected chi connectivity index (χ4v) is 2.99. The number of hydrogen-bond donors (Lipinski definition) is 2. The molecule has 0 atom stereocenters. The topological polar surface area (TPSA) is 80.6 Å². The highest BCUT2D eigenvalue weighted by molar-refractivity contribution is 6.02. The normalized spacial score (nSPS) is 10.4. The third kappa shape index (κ3) is 5.25. The van der Waals surface area contributed by atoms with Crippen LogP contribution >= 0.6 is 0 Å². The Morgan fingerprint density at radius 3 is 2.31 bits per heavy atom. The summed E-state index contributed by atoms with van der Waals surface area (Å²) in [6, 6.07) is 16.1. The van der Waals surface area contributed by atoms with Crippen molar-refractivity contribution in [1.29, 1.82) is 0 Å². The van der Waals surface area contributed by atoms with Crippen LogP contribution in [0.4, 0.5) is 11.4 Å². The van der Waals surface area contributed by atoms with Gasteiger partial charge in [0.1, 0.15) is 5.75 Å². The molecule has 0 saturated carbocycles. The van der Waals surface area contributed by atoms with Crippen molar-refractivity contribution in [2.45, 2.75) is 26.7 Å². The lowest BCUT2D eigenvalue weighted by Gasteiger charge is -2.15. The Hall–Kier alpha value is -3.54. The number of carbonyl (C=O) groups is 2. The van der Waals surface area contributed by atoms with E-state index in [0.717, 1.165) is 29.7 Å². The average Bonchev–Trinajstić information content (AvgIpc) is 3.28. The number of anilines is 2. The molecule has 6 heteroatoms. The van der Waals surface area contributed by atoms with E-state index in [0.29, 0.717) is 11.4 Å². The zero-order chi connectivity index (χ0) is 20.6. The van der Waals surface area contributed by atoms with Crippen molar-refractivity contribution in [1.82, 2.24) is 0 Å². The van der Waals surface area contributed by atoms with Gasteiger partial charge in [-0.15, -0.1) is 0 Å². The second-order valence-corrected chi connectivity index (χ2v) is 6.45. The minimum absolute atomic E-state index is 0.128. The van der Waals surface area contributed by atoms with Crippen LogP contribution in [0.25, 0.3) is 0 Å². The second kappa shape index (κ2) is 9.59. The van der Waals surface area contributed by atoms with Crippen LogP contribution in [-0.4, -0.2) is 18.4 Å². The summed E-state index contributed by atoms with van der Waals surface area (Å²) in [6.07, 6.45) is 3.11. The smallest absolute Gasteiger partial charge is 0.291 e. The van der Waals surface area contributed by atoms with Crippen LogP contribution in [0.15, 0.2) is 65.3 Å². The number of benzene rings is 2. The molecule has 150 valence electrons. The molecule has 0 aliphatic heterocycles. The molecule has 6 nitrogen and oxygen atoms in total. The summed E-state index contributed by atoms with van der Waals surface area (Å²) in [5.74, 6) is 0.118. The van der Waals surface area contributed by atoms with Gasteiger partial charge in [-0.3, -0.25) is 9.59 Å². The van der Waals surface area contributed by atoms with E-state index in [2.05, 4.69) is 24.5 Å². The number of aryl methyl sites for hydroxylation is 2. The molecule has 2 aromatic carbocycles. The second-order valence-electron chi connectivity index (χ2n) is 6.45. The predicted molar refractivity (Wildman–Crippen MR) is 112 cm³/mol. The Balaban J connectivity index is 1.60. The van der Waals surface area contributed by atoms with Gasteiger partial charge in [0.25, 0.3) is 11.8 Å². The van der Waals surface area contributed by atoms with Gasteiger partial charge in [0.05, 0.1) is 6.26 Å². The molecule has 0 aliphatic rings. The highest BCUT2D eigenvalue weighted by atomic mass is 16.5. The molecular weight excluding hydrogens is 368 g/mol. The predicted octanol–water partition coefficient (Wildman–Crippen LogP) is 4.67. The lowest BCUT2D eigenvalue weighted by Crippen LogP contribution is -2.21. The zero-order valence-corrected chi connectivity index (χ0v) is 16.5. The van der Waals surface area contributed by atoms with Crippen LogP contribution < -0.4 is 15.4 Å². The third-order valence-corrected chi connectivity index (χ3v) is 4.47. The molecule has 0 radical (unpaired) electrons. The number of rotatable bonds is 8. The summed E-state index contributed by atoms with van der Waals surface area (Å²) in [6.45, 7) is 3.99. The van der Waals surface area contributed by atoms with E-state index in [4.69, 9.17) is 9.15 Å². The number of amides is 2. The quantitative estimate of drug-likeness (QED) is 0.584. The van der Waals surface area contributed by atoms with E-state index < -0.39 is 0 Å². The summed E-state index contributed by atoms with van der Waals surface area (Å²) < 4.78 is 10.7. The summed E-state index contributed by atoms with van der Waals surface area (Å²) in [5, 5.41) is 5.70. The van der Waals surface area contributed by atoms with E-state index in [1.54, 1.807) is 36.4 Å². The maximum atomic E-state index is 12.4. The molecule has 0 unspecified atom stereocenters. The number of ether oxygens (including phenoxy) is 1. The van der Waals surface area contributed by atoms with Crippen molar-refractivity contribution < 1.29 is 18.7 Å². The average molecular weight is 392 g/mol. The molecule has 1 heterocycles. The molecule has 0 bridgehead atoms. The van der Waals surface area contributed by atoms with Gasteiger partial charge >= 0.3 is 0 Å². The van der Waals surface area contributed by atoms with Crippen LogP contribution in [0.5, 0.6) is 5.75 Å². The van der Waals surface area contributed by atoms with Crippen molar-refractivity contribution in [2.24, 2.45) is 0 Å². The number of nitrogens with one attached hydrogen (secondary N) is 2. The lowest BCUT2D eigenvalue weighted by molar-refractivity contribution is -0.118. The van der Waals surface area contributed by atoms with Gasteiger partial charge in [-0.1, -0.05) is 38.1 Å². The molecule has 1 aromatic heterocycles. The fourth-order valence-electron chi connectivity index (χ4n) is 2.99. The molecule has 2 N–H and O–H groups in total. The first kappa shape index (κ1) is 20.2. The Labute approximate surface area is 169 Å². The highest BCUT2D eigenvalue weighted by Crippen LogP contribution is 2.23. The number of para-hydroxylation sites is 1. The van der Waals surface area contributed by atoms with Gasteiger partial charge in [-0.25, -0.2) is 0 Å². The first-order valence-corrected chi connectivity index (χ1v) is 9.59. The van der Waals surface area contributed by atoms with E-state index in [1.165, 1.54) is 6.26 Å². The van der Waals surface area contributed by atoms with E-state index in [1.807, 2.05) is 18.2 Å². The van der Waals surface area contributed by atoms with Gasteiger partial charge in [0.2, 0.25) is 0 Å². The Kier molecular flexibility index (Phi) is 6.68. The van der Waals surface area contributed by atoms with E-state index in [-0.39, 0.29) is 24.2 Å². The fraction of sp³-hybridized carbons (Fsp3) is 0.217. The number of carbonyl (C=O) groups excluding carboxylic acids is 2. The summed E-state index contributed by atoms with van der Waals surface area (Å²) in [4.78, 5) is 24.5. The number of furan rings is 1. The van der Waals surface area contributed by atoms with Gasteiger partial charge < -0.3 is 19.8 Å². The Bertz CT molecular complexity index is 958. The van der Waals surface area contributed by atoms with Crippen molar-refractivity contribution >= 4 is 23.2 Å². The minimum atomic E-state index is -0.354. The van der Waals surface area contributed by atoms with Gasteiger partial charge in [0, 0.05) is 17.4 Å². The molecular formula is C23H24N2O4. The van der Waals surface area contributed by atoms with Gasteiger partial charge in [-0.05, 0) is 48.2 Å². The molecule has 3 aromatic rings. The monoisotopic (exact) mass is 392 g/mol. The third-order valence-electron chi connectivity index (χ3n) is 4.47. The summed E-state index contributed by atoms with van der Waals surface area (Å²) in [7, 11) is 0. The molecule has 2 amide bonds. The Morgan fingerprint density at radius 2 is 1.66 bits per heavy atom. The van der Waals surface area contributed by atoms with E-state index >= 15 is 0 Å². The van der Waals surface area contributed by atoms with Crippen LogP contribution in [0.1, 0.15) is 35.5 Å². The van der Waals surface area contributed by atoms with Crippen molar-refractivity contribution in [3.63, 3.8) is 0 Å². The van der Waals surface area contributed by atoms with Crippen LogP contribution in [0.2, 0.25) is 0 Å². The first-order chi connectivity index (χ1) is 14.1. The maximum Gasteiger partial charge on any atom is 0.291 e. The molecule has 0 spiro atoms. The lowest BCUT2D eigenvalue weighted by atomic mass is 10.0. The number of hydrogen-bond acceptors (Lipinski definition) is 4. The molecule has 0 aliphatic carbocycles. The van der Waals surface area contributed by atoms with Crippen LogP contribution in [0, 0.1) is 0 Å². The molecule has 0 fully saturated rings.